The third kappa shape index (κ3) is 4.64. The highest BCUT2D eigenvalue weighted by Crippen LogP contribution is 2.10. The number of thiocarbonyl (C=S) groups is 1. The van der Waals surface area contributed by atoms with Gasteiger partial charge in [-0.3, -0.25) is 4.79 Å². The third-order valence-corrected chi connectivity index (χ3v) is 3.86. The molecular formula is C7H9N3O3S3. The maximum Gasteiger partial charge on any atom is 0.241 e. The summed E-state index contributed by atoms with van der Waals surface area (Å²) in [7, 11) is -3.58. The van der Waals surface area contributed by atoms with E-state index in [9.17, 15) is 13.2 Å². The SMILES string of the molecule is NC(=S)CS(=O)(=O)CC(=O)Nc1nccs1. The molecule has 16 heavy (non-hydrogen) atoms. The number of hydrogen-bond acceptors (Lipinski definition) is 6. The van der Waals surface area contributed by atoms with Gasteiger partial charge in [0.15, 0.2) is 15.0 Å². The minimum Gasteiger partial charge on any atom is -0.392 e. The Hall–Kier alpha value is -1.06. The highest BCUT2D eigenvalue weighted by Gasteiger charge is 2.18. The summed E-state index contributed by atoms with van der Waals surface area (Å²) in [6, 6.07) is 0. The first-order valence-corrected chi connectivity index (χ1v) is 7.18. The van der Waals surface area contributed by atoms with Gasteiger partial charge >= 0.3 is 0 Å². The zero-order chi connectivity index (χ0) is 12.2. The molecule has 3 N–H and O–H groups in total. The third-order valence-electron chi connectivity index (χ3n) is 1.39. The van der Waals surface area contributed by atoms with E-state index in [1.54, 1.807) is 5.38 Å². The zero-order valence-corrected chi connectivity index (χ0v) is 10.5. The van der Waals surface area contributed by atoms with Gasteiger partial charge in [-0.2, -0.15) is 0 Å². The van der Waals surface area contributed by atoms with Crippen molar-refractivity contribution in [1.82, 2.24) is 4.98 Å². The van der Waals surface area contributed by atoms with Gasteiger partial charge in [0.25, 0.3) is 0 Å². The molecule has 0 aliphatic heterocycles. The Bertz CT molecular complexity index is 480. The zero-order valence-electron chi connectivity index (χ0n) is 8.04. The van der Waals surface area contributed by atoms with Gasteiger partial charge in [0.2, 0.25) is 5.91 Å². The maximum absolute atomic E-state index is 11.3. The molecule has 1 amide bonds. The van der Waals surface area contributed by atoms with Crippen LogP contribution in [0.1, 0.15) is 0 Å². The monoisotopic (exact) mass is 279 g/mol. The maximum atomic E-state index is 11.3. The summed E-state index contributed by atoms with van der Waals surface area (Å²) in [5.41, 5.74) is 5.10. The van der Waals surface area contributed by atoms with Crippen LogP contribution in [0, 0.1) is 0 Å². The number of nitrogens with one attached hydrogen (secondary N) is 1. The Kier molecular flexibility index (Phi) is 4.33. The van der Waals surface area contributed by atoms with Crippen LogP contribution >= 0.6 is 23.6 Å². The van der Waals surface area contributed by atoms with Gasteiger partial charge in [0, 0.05) is 11.6 Å². The first kappa shape index (κ1) is 13.0. The average molecular weight is 279 g/mol. The molecule has 0 aliphatic rings. The van der Waals surface area contributed by atoms with E-state index in [0.717, 1.165) is 0 Å². The number of amides is 1. The van der Waals surface area contributed by atoms with Crippen molar-refractivity contribution in [2.75, 3.05) is 16.8 Å². The molecule has 0 spiro atoms. The van der Waals surface area contributed by atoms with E-state index in [1.165, 1.54) is 17.5 Å². The summed E-state index contributed by atoms with van der Waals surface area (Å²) in [5.74, 6) is -1.76. The molecule has 0 bridgehead atoms. The number of thiazole rings is 1. The molecule has 9 heteroatoms. The molecule has 6 nitrogen and oxygen atoms in total. The molecule has 0 atom stereocenters. The molecule has 0 unspecified atom stereocenters. The van der Waals surface area contributed by atoms with E-state index in [2.05, 4.69) is 22.5 Å². The van der Waals surface area contributed by atoms with Crippen LogP contribution in [-0.4, -0.2) is 35.8 Å². The lowest BCUT2D eigenvalue weighted by Crippen LogP contribution is -2.29. The van der Waals surface area contributed by atoms with Crippen LogP contribution in [0.2, 0.25) is 0 Å². The Balaban J connectivity index is 2.55. The van der Waals surface area contributed by atoms with Crippen LogP contribution in [0.3, 0.4) is 0 Å². The van der Waals surface area contributed by atoms with Crippen LogP contribution in [-0.2, 0) is 14.6 Å². The van der Waals surface area contributed by atoms with Gasteiger partial charge in [-0.05, 0) is 0 Å². The molecule has 0 fully saturated rings. The first-order chi connectivity index (χ1) is 7.39. The Labute approximate surface area is 102 Å². The summed E-state index contributed by atoms with van der Waals surface area (Å²) in [4.78, 5) is 14.9. The lowest BCUT2D eigenvalue weighted by molar-refractivity contribution is -0.113. The number of aromatic nitrogens is 1. The normalized spacial score (nSPS) is 11.0. The highest BCUT2D eigenvalue weighted by molar-refractivity contribution is 7.94. The van der Waals surface area contributed by atoms with Crippen molar-refractivity contribution in [1.29, 1.82) is 0 Å². The number of carbonyl (C=O) groups is 1. The average Bonchev–Trinajstić information content (AvgIpc) is 2.51. The molecule has 1 aromatic rings. The molecule has 1 heterocycles. The molecule has 0 radical (unpaired) electrons. The van der Waals surface area contributed by atoms with Crippen molar-refractivity contribution in [3.05, 3.63) is 11.6 Å². The quantitative estimate of drug-likeness (QED) is 0.723. The molecule has 1 rings (SSSR count). The fourth-order valence-corrected chi connectivity index (χ4v) is 3.00. The summed E-state index contributed by atoms with van der Waals surface area (Å²) < 4.78 is 22.7. The van der Waals surface area contributed by atoms with Crippen LogP contribution in [0.4, 0.5) is 5.13 Å². The van der Waals surface area contributed by atoms with Crippen LogP contribution < -0.4 is 11.1 Å². The minimum absolute atomic E-state index is 0.151. The number of nitrogens with two attached hydrogens (primary N) is 1. The lowest BCUT2D eigenvalue weighted by Gasteiger charge is -2.02. The van der Waals surface area contributed by atoms with Crippen molar-refractivity contribution in [3.8, 4) is 0 Å². The largest absolute Gasteiger partial charge is 0.392 e. The van der Waals surface area contributed by atoms with Gasteiger partial charge in [-0.25, -0.2) is 13.4 Å². The molecule has 0 saturated carbocycles. The van der Waals surface area contributed by atoms with Crippen LogP contribution in [0.5, 0.6) is 0 Å². The van der Waals surface area contributed by atoms with E-state index >= 15 is 0 Å². The molecule has 0 aromatic carbocycles. The molecular weight excluding hydrogens is 270 g/mol. The van der Waals surface area contributed by atoms with Crippen molar-refractivity contribution in [2.45, 2.75) is 0 Å². The van der Waals surface area contributed by atoms with E-state index in [0.29, 0.717) is 5.13 Å². The van der Waals surface area contributed by atoms with Crippen molar-refractivity contribution >= 4 is 49.4 Å². The van der Waals surface area contributed by atoms with Gasteiger partial charge < -0.3 is 11.1 Å². The highest BCUT2D eigenvalue weighted by atomic mass is 32.2. The summed E-state index contributed by atoms with van der Waals surface area (Å²) in [5, 5.41) is 4.38. The minimum atomic E-state index is -3.58. The van der Waals surface area contributed by atoms with Gasteiger partial charge in [-0.1, -0.05) is 12.2 Å². The Morgan fingerprint density at radius 3 is 2.75 bits per heavy atom. The standard InChI is InChI=1S/C7H9N3O3S3/c8-5(14)3-16(12,13)4-6(11)10-7-9-1-2-15-7/h1-2H,3-4H2,(H2,8,14)(H,9,10,11). The molecule has 0 saturated heterocycles. The smallest absolute Gasteiger partial charge is 0.241 e. The van der Waals surface area contributed by atoms with Crippen LogP contribution in [0.25, 0.3) is 0 Å². The summed E-state index contributed by atoms with van der Waals surface area (Å²) in [6.45, 7) is 0. The predicted octanol–water partition coefficient (Wildman–Crippen LogP) is -0.218. The lowest BCUT2D eigenvalue weighted by atomic mass is 10.7. The Morgan fingerprint density at radius 2 is 2.25 bits per heavy atom. The number of nitrogens with zero attached hydrogens (tertiary/aromatic N) is 1. The van der Waals surface area contributed by atoms with Gasteiger partial charge in [0.1, 0.15) is 11.5 Å². The van der Waals surface area contributed by atoms with E-state index in [1.807, 2.05) is 0 Å². The van der Waals surface area contributed by atoms with Crippen LogP contribution in [0.15, 0.2) is 11.6 Å². The predicted molar refractivity (Wildman–Crippen MR) is 66.2 cm³/mol. The topological polar surface area (TPSA) is 102 Å². The number of sulfone groups is 1. The van der Waals surface area contributed by atoms with Crippen molar-refractivity contribution in [3.63, 3.8) is 0 Å². The van der Waals surface area contributed by atoms with Crippen molar-refractivity contribution in [2.24, 2.45) is 5.73 Å². The fraction of sp³-hybridized carbons (Fsp3) is 0.286. The molecule has 88 valence electrons. The Morgan fingerprint density at radius 1 is 1.56 bits per heavy atom. The molecule has 0 aliphatic carbocycles. The summed E-state index contributed by atoms with van der Waals surface area (Å²) >= 11 is 5.67. The second kappa shape index (κ2) is 5.32. The van der Waals surface area contributed by atoms with Crippen molar-refractivity contribution < 1.29 is 13.2 Å². The second-order valence-corrected chi connectivity index (χ2v) is 6.37. The number of rotatable bonds is 5. The fourth-order valence-electron chi connectivity index (χ4n) is 0.908. The molecule has 1 aromatic heterocycles. The number of carbonyl (C=O) groups excluding carboxylic acids is 1. The number of anilines is 1. The van der Waals surface area contributed by atoms with E-state index < -0.39 is 27.3 Å². The second-order valence-electron chi connectivity index (χ2n) is 2.88. The van der Waals surface area contributed by atoms with E-state index in [-0.39, 0.29) is 4.99 Å². The summed E-state index contributed by atoms with van der Waals surface area (Å²) in [6.07, 6.45) is 1.50. The van der Waals surface area contributed by atoms with Gasteiger partial charge in [0.05, 0.1) is 4.99 Å². The van der Waals surface area contributed by atoms with E-state index in [4.69, 9.17) is 5.73 Å². The number of hydrogen-bond donors (Lipinski definition) is 2. The first-order valence-electron chi connectivity index (χ1n) is 4.07. The van der Waals surface area contributed by atoms with Gasteiger partial charge in [-0.15, -0.1) is 11.3 Å².